The number of carboxylic acids is 1. The van der Waals surface area contributed by atoms with Gasteiger partial charge < -0.3 is 14.6 Å². The van der Waals surface area contributed by atoms with Crippen LogP contribution in [-0.4, -0.2) is 17.9 Å². The van der Waals surface area contributed by atoms with Crippen LogP contribution in [0.25, 0.3) is 0 Å². The van der Waals surface area contributed by atoms with E-state index in [9.17, 15) is 4.79 Å². The average Bonchev–Trinajstić information content (AvgIpc) is 2.65. The van der Waals surface area contributed by atoms with E-state index in [2.05, 4.69) is 0 Å². The zero-order valence-corrected chi connectivity index (χ0v) is 8.45. The van der Waals surface area contributed by atoms with E-state index >= 15 is 0 Å². The van der Waals surface area contributed by atoms with Gasteiger partial charge in [-0.2, -0.15) is 0 Å². The zero-order chi connectivity index (χ0) is 10.8. The van der Waals surface area contributed by atoms with Crippen LogP contribution in [0.15, 0.2) is 12.1 Å². The molecule has 0 bridgehead atoms. The Balaban J connectivity index is 2.47. The molecule has 1 aromatic rings. The lowest BCUT2D eigenvalue weighted by molar-refractivity contribution is 0.0696. The molecule has 0 unspecified atom stereocenters. The van der Waals surface area contributed by atoms with Crippen LogP contribution in [0.5, 0.6) is 11.5 Å². The molecule has 0 saturated heterocycles. The molecule has 1 heterocycles. The molecule has 15 heavy (non-hydrogen) atoms. The molecule has 0 amide bonds. The van der Waals surface area contributed by atoms with Crippen molar-refractivity contribution in [1.29, 1.82) is 0 Å². The lowest BCUT2D eigenvalue weighted by atomic mass is 10.0. The highest BCUT2D eigenvalue weighted by Crippen LogP contribution is 2.37. The Labute approximate surface area is 87.4 Å². The number of fused-ring (bicyclic) bond motifs is 1. The predicted octanol–water partition coefficient (Wildman–Crippen LogP) is 2.07. The summed E-state index contributed by atoms with van der Waals surface area (Å²) in [6, 6.07) is 3.16. The predicted molar refractivity (Wildman–Crippen MR) is 53.5 cm³/mol. The maximum atomic E-state index is 10.9. The average molecular weight is 208 g/mol. The van der Waals surface area contributed by atoms with E-state index < -0.39 is 5.97 Å². The van der Waals surface area contributed by atoms with Crippen LogP contribution in [0.2, 0.25) is 0 Å². The molecule has 0 aliphatic carbocycles. The monoisotopic (exact) mass is 208 g/mol. The van der Waals surface area contributed by atoms with Crippen LogP contribution in [0, 0.1) is 0 Å². The standard InChI is InChI=1S/C11H12O4/c1-2-3-7-4-8(11(12)13)5-9-10(7)15-6-14-9/h4-5H,2-3,6H2,1H3,(H,12,13). The molecule has 0 spiro atoms. The highest BCUT2D eigenvalue weighted by molar-refractivity contribution is 5.89. The summed E-state index contributed by atoms with van der Waals surface area (Å²) in [7, 11) is 0. The molecule has 4 nitrogen and oxygen atoms in total. The third-order valence-corrected chi connectivity index (χ3v) is 2.32. The second-order valence-electron chi connectivity index (χ2n) is 3.42. The molecule has 0 radical (unpaired) electrons. The van der Waals surface area contributed by atoms with Gasteiger partial charge in [0, 0.05) is 0 Å². The molecule has 80 valence electrons. The fraction of sp³-hybridized carbons (Fsp3) is 0.364. The van der Waals surface area contributed by atoms with Crippen molar-refractivity contribution in [2.24, 2.45) is 0 Å². The molecule has 0 saturated carbocycles. The van der Waals surface area contributed by atoms with E-state index in [1.54, 1.807) is 6.07 Å². The molecule has 2 rings (SSSR count). The number of ether oxygens (including phenoxy) is 2. The smallest absolute Gasteiger partial charge is 0.335 e. The van der Waals surface area contributed by atoms with E-state index in [-0.39, 0.29) is 12.4 Å². The van der Waals surface area contributed by atoms with Crippen molar-refractivity contribution in [3.63, 3.8) is 0 Å². The second-order valence-corrected chi connectivity index (χ2v) is 3.42. The molecule has 1 aliphatic rings. The Morgan fingerprint density at radius 3 is 2.93 bits per heavy atom. The van der Waals surface area contributed by atoms with Crippen LogP contribution < -0.4 is 9.47 Å². The van der Waals surface area contributed by atoms with E-state index in [1.165, 1.54) is 6.07 Å². The third-order valence-electron chi connectivity index (χ3n) is 2.32. The van der Waals surface area contributed by atoms with Gasteiger partial charge in [0.2, 0.25) is 6.79 Å². The fourth-order valence-electron chi connectivity index (χ4n) is 1.66. The second kappa shape index (κ2) is 3.81. The molecule has 0 fully saturated rings. The largest absolute Gasteiger partial charge is 0.478 e. The number of carbonyl (C=O) groups is 1. The Morgan fingerprint density at radius 1 is 1.47 bits per heavy atom. The van der Waals surface area contributed by atoms with Gasteiger partial charge in [-0.15, -0.1) is 0 Å². The van der Waals surface area contributed by atoms with Crippen molar-refractivity contribution in [3.05, 3.63) is 23.3 Å². The van der Waals surface area contributed by atoms with Gasteiger partial charge >= 0.3 is 5.97 Å². The molecular weight excluding hydrogens is 196 g/mol. The van der Waals surface area contributed by atoms with Gasteiger partial charge in [0.15, 0.2) is 11.5 Å². The van der Waals surface area contributed by atoms with Gasteiger partial charge in [-0.1, -0.05) is 13.3 Å². The SMILES string of the molecule is CCCc1cc(C(=O)O)cc2c1OCO2. The van der Waals surface area contributed by atoms with E-state index in [4.69, 9.17) is 14.6 Å². The van der Waals surface area contributed by atoms with Gasteiger partial charge in [-0.05, 0) is 24.1 Å². The van der Waals surface area contributed by atoms with Crippen molar-refractivity contribution < 1.29 is 19.4 Å². The first kappa shape index (κ1) is 9.83. The number of benzene rings is 1. The molecule has 1 N–H and O–H groups in total. The summed E-state index contributed by atoms with van der Waals surface area (Å²) in [5, 5.41) is 8.91. The lowest BCUT2D eigenvalue weighted by Gasteiger charge is -2.05. The minimum Gasteiger partial charge on any atom is -0.478 e. The fourth-order valence-corrected chi connectivity index (χ4v) is 1.66. The molecule has 1 aromatic carbocycles. The summed E-state index contributed by atoms with van der Waals surface area (Å²) in [4.78, 5) is 10.9. The Bertz CT molecular complexity index is 398. The minimum absolute atomic E-state index is 0.176. The summed E-state index contributed by atoms with van der Waals surface area (Å²) < 4.78 is 10.5. The highest BCUT2D eigenvalue weighted by Gasteiger charge is 2.20. The van der Waals surface area contributed by atoms with Crippen LogP contribution in [0.1, 0.15) is 29.3 Å². The van der Waals surface area contributed by atoms with E-state index in [1.807, 2.05) is 6.92 Å². The summed E-state index contributed by atoms with van der Waals surface area (Å²) >= 11 is 0. The van der Waals surface area contributed by atoms with Crippen LogP contribution in [0.3, 0.4) is 0 Å². The topological polar surface area (TPSA) is 55.8 Å². The molecule has 4 heteroatoms. The number of carboxylic acid groups (broad SMARTS) is 1. The van der Waals surface area contributed by atoms with Gasteiger partial charge in [0.1, 0.15) is 0 Å². The van der Waals surface area contributed by atoms with Gasteiger partial charge in [-0.25, -0.2) is 4.79 Å². The number of aromatic carboxylic acids is 1. The number of hydrogen-bond donors (Lipinski definition) is 1. The first-order valence-corrected chi connectivity index (χ1v) is 4.88. The number of aryl methyl sites for hydroxylation is 1. The Hall–Kier alpha value is -1.71. The summed E-state index contributed by atoms with van der Waals surface area (Å²) in [6.07, 6.45) is 1.74. The molecule has 0 aromatic heterocycles. The molecular formula is C11H12O4. The molecule has 0 atom stereocenters. The first-order valence-electron chi connectivity index (χ1n) is 4.88. The number of rotatable bonds is 3. The van der Waals surface area contributed by atoms with Gasteiger partial charge in [0.25, 0.3) is 0 Å². The lowest BCUT2D eigenvalue weighted by Crippen LogP contribution is -1.98. The van der Waals surface area contributed by atoms with Crippen LogP contribution >= 0.6 is 0 Å². The van der Waals surface area contributed by atoms with Gasteiger partial charge in [-0.3, -0.25) is 0 Å². The van der Waals surface area contributed by atoms with E-state index in [0.717, 1.165) is 18.4 Å². The normalized spacial score (nSPS) is 12.9. The summed E-state index contributed by atoms with van der Waals surface area (Å²) in [5.74, 6) is 0.297. The van der Waals surface area contributed by atoms with Crippen molar-refractivity contribution in [3.8, 4) is 11.5 Å². The van der Waals surface area contributed by atoms with Crippen LogP contribution in [0.4, 0.5) is 0 Å². The van der Waals surface area contributed by atoms with Crippen molar-refractivity contribution in [1.82, 2.24) is 0 Å². The Kier molecular flexibility index (Phi) is 2.49. The summed E-state index contributed by atoms with van der Waals surface area (Å²) in [5.41, 5.74) is 1.16. The third kappa shape index (κ3) is 1.75. The zero-order valence-electron chi connectivity index (χ0n) is 8.45. The van der Waals surface area contributed by atoms with E-state index in [0.29, 0.717) is 11.5 Å². The first-order chi connectivity index (χ1) is 7.22. The Morgan fingerprint density at radius 2 is 2.27 bits per heavy atom. The summed E-state index contributed by atoms with van der Waals surface area (Å²) in [6.45, 7) is 2.21. The maximum Gasteiger partial charge on any atom is 0.335 e. The molecule has 1 aliphatic heterocycles. The van der Waals surface area contributed by atoms with Crippen molar-refractivity contribution in [2.45, 2.75) is 19.8 Å². The van der Waals surface area contributed by atoms with Crippen molar-refractivity contribution >= 4 is 5.97 Å². The number of hydrogen-bond acceptors (Lipinski definition) is 3. The van der Waals surface area contributed by atoms with Crippen LogP contribution in [-0.2, 0) is 6.42 Å². The van der Waals surface area contributed by atoms with Crippen molar-refractivity contribution in [2.75, 3.05) is 6.79 Å². The quantitative estimate of drug-likeness (QED) is 0.826. The van der Waals surface area contributed by atoms with Gasteiger partial charge in [0.05, 0.1) is 5.56 Å². The maximum absolute atomic E-state index is 10.9. The minimum atomic E-state index is -0.939. The highest BCUT2D eigenvalue weighted by atomic mass is 16.7.